The standard InChI is InChI=1S/C16H25ClN2S/c17-11-14-12-20-16(18-14)7-3-4-9-19-10-8-13-5-1-2-6-15(13)19/h12-13,15H,1-11H2. The van der Waals surface area contributed by atoms with Crippen molar-refractivity contribution in [3.05, 3.63) is 16.1 Å². The highest BCUT2D eigenvalue weighted by molar-refractivity contribution is 7.09. The zero-order valence-corrected chi connectivity index (χ0v) is 13.8. The average molecular weight is 313 g/mol. The highest BCUT2D eigenvalue weighted by atomic mass is 35.5. The number of aromatic nitrogens is 1. The van der Waals surface area contributed by atoms with Crippen LogP contribution in [0.5, 0.6) is 0 Å². The van der Waals surface area contributed by atoms with Crippen LogP contribution in [0.4, 0.5) is 0 Å². The highest BCUT2D eigenvalue weighted by Gasteiger charge is 2.34. The fraction of sp³-hybridized carbons (Fsp3) is 0.812. The first kappa shape index (κ1) is 14.8. The van der Waals surface area contributed by atoms with E-state index in [0.29, 0.717) is 5.88 Å². The van der Waals surface area contributed by atoms with Crippen molar-refractivity contribution in [3.8, 4) is 0 Å². The molecule has 1 saturated carbocycles. The molecule has 2 heterocycles. The molecule has 1 aromatic heterocycles. The van der Waals surface area contributed by atoms with Crippen molar-refractivity contribution < 1.29 is 0 Å². The van der Waals surface area contributed by atoms with E-state index in [1.807, 2.05) is 0 Å². The van der Waals surface area contributed by atoms with Gasteiger partial charge in [0, 0.05) is 11.4 Å². The fourth-order valence-electron chi connectivity index (χ4n) is 3.90. The van der Waals surface area contributed by atoms with Crippen LogP contribution in [0.15, 0.2) is 5.38 Å². The Morgan fingerprint density at radius 2 is 2.15 bits per heavy atom. The summed E-state index contributed by atoms with van der Waals surface area (Å²) in [5, 5.41) is 3.35. The van der Waals surface area contributed by atoms with E-state index in [4.69, 9.17) is 11.6 Å². The van der Waals surface area contributed by atoms with Crippen LogP contribution in [-0.4, -0.2) is 29.0 Å². The second kappa shape index (κ2) is 7.24. The van der Waals surface area contributed by atoms with E-state index in [1.165, 1.54) is 63.0 Å². The molecule has 2 unspecified atom stereocenters. The van der Waals surface area contributed by atoms with Crippen molar-refractivity contribution in [1.29, 1.82) is 0 Å². The maximum Gasteiger partial charge on any atom is 0.0928 e. The van der Waals surface area contributed by atoms with Crippen LogP contribution >= 0.6 is 22.9 Å². The normalized spacial score (nSPS) is 26.9. The molecule has 2 atom stereocenters. The third-order valence-corrected chi connectivity index (χ3v) is 6.18. The van der Waals surface area contributed by atoms with Crippen LogP contribution in [0.1, 0.15) is 55.6 Å². The van der Waals surface area contributed by atoms with Crippen molar-refractivity contribution in [2.45, 2.75) is 63.3 Å². The van der Waals surface area contributed by atoms with Gasteiger partial charge in [-0.05, 0) is 57.5 Å². The molecule has 0 spiro atoms. The summed E-state index contributed by atoms with van der Waals surface area (Å²) in [5.74, 6) is 1.57. The molecule has 3 rings (SSSR count). The topological polar surface area (TPSA) is 16.1 Å². The molecule has 1 saturated heterocycles. The summed E-state index contributed by atoms with van der Waals surface area (Å²) >= 11 is 7.56. The van der Waals surface area contributed by atoms with Gasteiger partial charge < -0.3 is 4.90 Å². The van der Waals surface area contributed by atoms with Crippen LogP contribution in [0.25, 0.3) is 0 Å². The zero-order valence-electron chi connectivity index (χ0n) is 12.2. The molecule has 112 valence electrons. The first-order valence-electron chi connectivity index (χ1n) is 8.10. The lowest BCUT2D eigenvalue weighted by Crippen LogP contribution is -2.35. The quantitative estimate of drug-likeness (QED) is 0.569. The van der Waals surface area contributed by atoms with Crippen molar-refractivity contribution >= 4 is 22.9 Å². The second-order valence-electron chi connectivity index (χ2n) is 6.26. The minimum Gasteiger partial charge on any atom is -0.300 e. The van der Waals surface area contributed by atoms with Gasteiger partial charge in [0.2, 0.25) is 0 Å². The van der Waals surface area contributed by atoms with Crippen LogP contribution in [0, 0.1) is 5.92 Å². The van der Waals surface area contributed by atoms with Gasteiger partial charge in [-0.15, -0.1) is 22.9 Å². The number of hydrogen-bond acceptors (Lipinski definition) is 3. The van der Waals surface area contributed by atoms with Gasteiger partial charge in [-0.2, -0.15) is 0 Å². The Morgan fingerprint density at radius 1 is 1.25 bits per heavy atom. The maximum atomic E-state index is 5.79. The van der Waals surface area contributed by atoms with E-state index < -0.39 is 0 Å². The van der Waals surface area contributed by atoms with Crippen molar-refractivity contribution in [1.82, 2.24) is 9.88 Å². The lowest BCUT2D eigenvalue weighted by Gasteiger charge is -2.31. The Labute approximate surface area is 131 Å². The number of thiazole rings is 1. The minimum absolute atomic E-state index is 0.549. The monoisotopic (exact) mass is 312 g/mol. The third-order valence-electron chi connectivity index (χ3n) is 4.95. The van der Waals surface area contributed by atoms with Gasteiger partial charge in [0.1, 0.15) is 0 Å². The van der Waals surface area contributed by atoms with E-state index >= 15 is 0 Å². The van der Waals surface area contributed by atoms with Crippen molar-refractivity contribution in [3.63, 3.8) is 0 Å². The summed E-state index contributed by atoms with van der Waals surface area (Å²) in [7, 11) is 0. The zero-order chi connectivity index (χ0) is 13.8. The number of alkyl halides is 1. The molecule has 2 aliphatic rings. The molecule has 2 nitrogen and oxygen atoms in total. The second-order valence-corrected chi connectivity index (χ2v) is 7.47. The van der Waals surface area contributed by atoms with E-state index in [2.05, 4.69) is 15.3 Å². The summed E-state index contributed by atoms with van der Waals surface area (Å²) in [6.45, 7) is 2.65. The van der Waals surface area contributed by atoms with Gasteiger partial charge in [-0.25, -0.2) is 4.98 Å². The van der Waals surface area contributed by atoms with Gasteiger partial charge in [0.15, 0.2) is 0 Å². The Bertz CT molecular complexity index is 420. The molecular formula is C16H25ClN2S. The molecule has 0 aromatic carbocycles. The lowest BCUT2D eigenvalue weighted by molar-refractivity contribution is 0.180. The molecular weight excluding hydrogens is 288 g/mol. The number of unbranched alkanes of at least 4 members (excludes halogenated alkanes) is 1. The SMILES string of the molecule is ClCc1csc(CCCCN2CCC3CCCCC32)n1. The van der Waals surface area contributed by atoms with Gasteiger partial charge in [-0.1, -0.05) is 12.8 Å². The summed E-state index contributed by atoms with van der Waals surface area (Å²) in [4.78, 5) is 7.31. The Morgan fingerprint density at radius 3 is 3.00 bits per heavy atom. The highest BCUT2D eigenvalue weighted by Crippen LogP contribution is 2.36. The van der Waals surface area contributed by atoms with E-state index in [0.717, 1.165) is 24.1 Å². The molecule has 1 aliphatic carbocycles. The minimum atomic E-state index is 0.549. The summed E-state index contributed by atoms with van der Waals surface area (Å²) < 4.78 is 0. The molecule has 0 N–H and O–H groups in total. The Hall–Kier alpha value is -0.120. The van der Waals surface area contributed by atoms with Gasteiger partial charge >= 0.3 is 0 Å². The first-order valence-corrected chi connectivity index (χ1v) is 9.51. The maximum absolute atomic E-state index is 5.79. The smallest absolute Gasteiger partial charge is 0.0928 e. The number of halogens is 1. The Kier molecular flexibility index (Phi) is 5.36. The third kappa shape index (κ3) is 3.55. The van der Waals surface area contributed by atoms with Gasteiger partial charge in [0.05, 0.1) is 16.6 Å². The number of aryl methyl sites for hydroxylation is 1. The molecule has 1 aromatic rings. The first-order chi connectivity index (χ1) is 9.86. The summed E-state index contributed by atoms with van der Waals surface area (Å²) in [6.07, 6.45) is 11.0. The van der Waals surface area contributed by atoms with Crippen LogP contribution in [0.2, 0.25) is 0 Å². The summed E-state index contributed by atoms with van der Waals surface area (Å²) in [5.41, 5.74) is 1.04. The molecule has 0 radical (unpaired) electrons. The van der Waals surface area contributed by atoms with Gasteiger partial charge in [-0.3, -0.25) is 0 Å². The molecule has 20 heavy (non-hydrogen) atoms. The number of likely N-dealkylation sites (tertiary alicyclic amines) is 1. The largest absolute Gasteiger partial charge is 0.300 e. The van der Waals surface area contributed by atoms with E-state index in [-0.39, 0.29) is 0 Å². The number of hydrogen-bond donors (Lipinski definition) is 0. The molecule has 1 aliphatic heterocycles. The van der Waals surface area contributed by atoms with E-state index in [9.17, 15) is 0 Å². The van der Waals surface area contributed by atoms with E-state index in [1.54, 1.807) is 11.3 Å². The summed E-state index contributed by atoms with van der Waals surface area (Å²) in [6, 6.07) is 0.923. The number of fused-ring (bicyclic) bond motifs is 1. The lowest BCUT2D eigenvalue weighted by atomic mass is 9.85. The Balaban J connectivity index is 1.37. The van der Waals surface area contributed by atoms with Gasteiger partial charge in [0.25, 0.3) is 0 Å². The predicted octanol–water partition coefficient (Wildman–Crippen LogP) is 4.47. The average Bonchev–Trinajstić information content (AvgIpc) is 3.10. The van der Waals surface area contributed by atoms with Crippen molar-refractivity contribution in [2.75, 3.05) is 13.1 Å². The van der Waals surface area contributed by atoms with Crippen molar-refractivity contribution in [2.24, 2.45) is 5.92 Å². The number of rotatable bonds is 6. The van der Waals surface area contributed by atoms with Crippen LogP contribution in [-0.2, 0) is 12.3 Å². The fourth-order valence-corrected chi connectivity index (χ4v) is 4.97. The van der Waals surface area contributed by atoms with Crippen LogP contribution < -0.4 is 0 Å². The molecule has 2 fully saturated rings. The molecule has 4 heteroatoms. The predicted molar refractivity (Wildman–Crippen MR) is 86.5 cm³/mol. The molecule has 0 bridgehead atoms. The number of nitrogens with zero attached hydrogens (tertiary/aromatic N) is 2. The molecule has 0 amide bonds. The van der Waals surface area contributed by atoms with Crippen LogP contribution in [0.3, 0.4) is 0 Å².